The molecular formula is C22H27NO4. The number of Topliss-reactive ketones (excluding diaryl/α,β-unsaturated/α-hetero) is 1. The molecule has 1 aromatic rings. The average Bonchev–Trinajstić information content (AvgIpc) is 2.66. The maximum atomic E-state index is 12.9. The molecule has 5 nitrogen and oxygen atoms in total. The number of dihydropyridines is 1. The van der Waals surface area contributed by atoms with Gasteiger partial charge in [0.1, 0.15) is 5.75 Å². The summed E-state index contributed by atoms with van der Waals surface area (Å²) in [5, 5.41) is 3.30. The molecule has 2 aliphatic rings. The summed E-state index contributed by atoms with van der Waals surface area (Å²) in [6, 6.07) is 7.68. The first-order valence-corrected chi connectivity index (χ1v) is 9.71. The topological polar surface area (TPSA) is 64.6 Å². The van der Waals surface area contributed by atoms with Crippen LogP contribution in [0.1, 0.15) is 57.9 Å². The van der Waals surface area contributed by atoms with Crippen LogP contribution in [0.3, 0.4) is 0 Å². The molecule has 1 N–H and O–H groups in total. The fourth-order valence-corrected chi connectivity index (χ4v) is 3.84. The van der Waals surface area contributed by atoms with E-state index in [0.29, 0.717) is 29.9 Å². The van der Waals surface area contributed by atoms with Crippen LogP contribution in [0.5, 0.6) is 5.75 Å². The van der Waals surface area contributed by atoms with Gasteiger partial charge in [-0.3, -0.25) is 4.79 Å². The Morgan fingerprint density at radius 3 is 2.74 bits per heavy atom. The minimum atomic E-state index is -0.457. The summed E-state index contributed by atoms with van der Waals surface area (Å²) in [5.41, 5.74) is 3.70. The molecule has 1 aliphatic heterocycles. The first-order valence-electron chi connectivity index (χ1n) is 9.71. The summed E-state index contributed by atoms with van der Waals surface area (Å²) in [6.45, 7) is 6.58. The van der Waals surface area contributed by atoms with Crippen molar-refractivity contribution in [3.05, 3.63) is 52.4 Å². The van der Waals surface area contributed by atoms with E-state index < -0.39 is 5.92 Å². The van der Waals surface area contributed by atoms with E-state index in [1.165, 1.54) is 0 Å². The molecule has 1 heterocycles. The van der Waals surface area contributed by atoms with Crippen molar-refractivity contribution in [2.24, 2.45) is 0 Å². The highest BCUT2D eigenvalue weighted by molar-refractivity contribution is 6.04. The van der Waals surface area contributed by atoms with Gasteiger partial charge in [0, 0.05) is 29.0 Å². The number of para-hydroxylation sites is 1. The predicted molar refractivity (Wildman–Crippen MR) is 103 cm³/mol. The number of benzene rings is 1. The maximum absolute atomic E-state index is 12.9. The van der Waals surface area contributed by atoms with E-state index in [4.69, 9.17) is 9.47 Å². The summed E-state index contributed by atoms with van der Waals surface area (Å²) in [6.07, 6.45) is 3.02. The van der Waals surface area contributed by atoms with Gasteiger partial charge in [0.2, 0.25) is 0 Å². The second-order valence-corrected chi connectivity index (χ2v) is 6.87. The third kappa shape index (κ3) is 3.77. The summed E-state index contributed by atoms with van der Waals surface area (Å²) >= 11 is 0. The average molecular weight is 369 g/mol. The Morgan fingerprint density at radius 2 is 2.00 bits per heavy atom. The van der Waals surface area contributed by atoms with E-state index in [9.17, 15) is 9.59 Å². The van der Waals surface area contributed by atoms with Crippen LogP contribution >= 0.6 is 0 Å². The number of ether oxygens (including phenoxy) is 2. The van der Waals surface area contributed by atoms with E-state index in [0.717, 1.165) is 36.2 Å². The second kappa shape index (κ2) is 8.42. The number of carbonyl (C=O) groups excluding carboxylic acids is 2. The lowest BCUT2D eigenvalue weighted by Gasteiger charge is -2.34. The molecule has 27 heavy (non-hydrogen) atoms. The van der Waals surface area contributed by atoms with Crippen molar-refractivity contribution in [3.8, 4) is 5.75 Å². The van der Waals surface area contributed by atoms with Gasteiger partial charge in [0.25, 0.3) is 0 Å². The molecule has 0 fully saturated rings. The molecule has 144 valence electrons. The number of hydrogen-bond acceptors (Lipinski definition) is 5. The van der Waals surface area contributed by atoms with Crippen molar-refractivity contribution < 1.29 is 19.1 Å². The Labute approximate surface area is 160 Å². The van der Waals surface area contributed by atoms with Crippen molar-refractivity contribution in [2.75, 3.05) is 13.2 Å². The summed E-state index contributed by atoms with van der Waals surface area (Å²) in [7, 11) is 0. The first kappa shape index (κ1) is 19.2. The molecule has 1 aromatic carbocycles. The number of ketones is 1. The Bertz CT molecular complexity index is 806. The highest BCUT2D eigenvalue weighted by Crippen LogP contribution is 2.45. The standard InChI is InChI=1S/C22H27NO4/c1-4-13-27-18-12-7-6-9-15(18)20-19(22(25)26-5-2)14(3)23-16-10-8-11-17(24)21(16)20/h6-7,9,12,20,23H,4-5,8,10-11,13H2,1-3H3/t20-/m1/s1. The SMILES string of the molecule is CCCOc1ccccc1[C@@H]1C(C(=O)OCC)=C(C)NC2=C1C(=O)CCC2. The zero-order valence-electron chi connectivity index (χ0n) is 16.3. The quantitative estimate of drug-likeness (QED) is 0.768. The van der Waals surface area contributed by atoms with Crippen LogP contribution in [0.4, 0.5) is 0 Å². The number of esters is 1. The molecule has 0 radical (unpaired) electrons. The van der Waals surface area contributed by atoms with Gasteiger partial charge in [-0.05, 0) is 39.2 Å². The molecule has 0 aromatic heterocycles. The number of carbonyl (C=O) groups is 2. The first-order chi connectivity index (χ1) is 13.1. The van der Waals surface area contributed by atoms with E-state index in [1.54, 1.807) is 6.92 Å². The number of allylic oxidation sites excluding steroid dienone is 3. The Morgan fingerprint density at radius 1 is 1.22 bits per heavy atom. The molecule has 0 unspecified atom stereocenters. The van der Waals surface area contributed by atoms with Crippen LogP contribution in [0.2, 0.25) is 0 Å². The number of hydrogen-bond donors (Lipinski definition) is 1. The minimum Gasteiger partial charge on any atom is -0.493 e. The van der Waals surface area contributed by atoms with E-state index in [-0.39, 0.29) is 18.4 Å². The largest absolute Gasteiger partial charge is 0.493 e. The second-order valence-electron chi connectivity index (χ2n) is 6.87. The Balaban J connectivity index is 2.16. The highest BCUT2D eigenvalue weighted by atomic mass is 16.5. The molecule has 0 spiro atoms. The third-order valence-electron chi connectivity index (χ3n) is 4.96. The van der Waals surface area contributed by atoms with Gasteiger partial charge in [-0.25, -0.2) is 4.79 Å². The van der Waals surface area contributed by atoms with Crippen LogP contribution in [0.15, 0.2) is 46.8 Å². The molecular weight excluding hydrogens is 342 g/mol. The molecule has 0 saturated carbocycles. The zero-order chi connectivity index (χ0) is 19.4. The molecule has 0 bridgehead atoms. The van der Waals surface area contributed by atoms with E-state index >= 15 is 0 Å². The zero-order valence-corrected chi connectivity index (χ0v) is 16.3. The van der Waals surface area contributed by atoms with Crippen molar-refractivity contribution >= 4 is 11.8 Å². The van der Waals surface area contributed by atoms with Crippen molar-refractivity contribution in [2.45, 2.75) is 52.4 Å². The van der Waals surface area contributed by atoms with Crippen molar-refractivity contribution in [3.63, 3.8) is 0 Å². The van der Waals surface area contributed by atoms with Crippen LogP contribution in [-0.4, -0.2) is 25.0 Å². The lowest BCUT2D eigenvalue weighted by molar-refractivity contribution is -0.138. The smallest absolute Gasteiger partial charge is 0.336 e. The fourth-order valence-electron chi connectivity index (χ4n) is 3.84. The van der Waals surface area contributed by atoms with Crippen LogP contribution in [-0.2, 0) is 14.3 Å². The van der Waals surface area contributed by atoms with Gasteiger partial charge in [-0.1, -0.05) is 25.1 Å². The van der Waals surface area contributed by atoms with E-state index in [1.807, 2.05) is 38.1 Å². The predicted octanol–water partition coefficient (Wildman–Crippen LogP) is 4.01. The highest BCUT2D eigenvalue weighted by Gasteiger charge is 2.40. The summed E-state index contributed by atoms with van der Waals surface area (Å²) in [4.78, 5) is 25.7. The lowest BCUT2D eigenvalue weighted by Crippen LogP contribution is -2.34. The van der Waals surface area contributed by atoms with Gasteiger partial charge in [0.05, 0.1) is 24.7 Å². The summed E-state index contributed by atoms with van der Waals surface area (Å²) in [5.74, 6) is -0.0386. The van der Waals surface area contributed by atoms with Gasteiger partial charge in [-0.15, -0.1) is 0 Å². The fraction of sp³-hybridized carbons (Fsp3) is 0.455. The molecule has 3 rings (SSSR count). The van der Waals surface area contributed by atoms with Gasteiger partial charge >= 0.3 is 5.97 Å². The maximum Gasteiger partial charge on any atom is 0.336 e. The molecule has 5 heteroatoms. The molecule has 0 amide bonds. The summed E-state index contributed by atoms with van der Waals surface area (Å²) < 4.78 is 11.3. The molecule has 1 aliphatic carbocycles. The van der Waals surface area contributed by atoms with Gasteiger partial charge < -0.3 is 14.8 Å². The number of rotatable bonds is 6. The molecule has 0 saturated heterocycles. The normalized spacial score (nSPS) is 19.5. The van der Waals surface area contributed by atoms with Crippen LogP contribution in [0, 0.1) is 0 Å². The van der Waals surface area contributed by atoms with Crippen LogP contribution in [0.25, 0.3) is 0 Å². The van der Waals surface area contributed by atoms with Crippen LogP contribution < -0.4 is 10.1 Å². The van der Waals surface area contributed by atoms with Crippen molar-refractivity contribution in [1.29, 1.82) is 0 Å². The third-order valence-corrected chi connectivity index (χ3v) is 4.96. The van der Waals surface area contributed by atoms with E-state index in [2.05, 4.69) is 5.32 Å². The minimum absolute atomic E-state index is 0.0911. The molecule has 1 atom stereocenters. The van der Waals surface area contributed by atoms with Crippen molar-refractivity contribution in [1.82, 2.24) is 5.32 Å². The monoisotopic (exact) mass is 369 g/mol. The Kier molecular flexibility index (Phi) is 5.99. The number of nitrogens with one attached hydrogen (secondary N) is 1. The van der Waals surface area contributed by atoms with Gasteiger partial charge in [0.15, 0.2) is 5.78 Å². The van der Waals surface area contributed by atoms with Gasteiger partial charge in [-0.2, -0.15) is 0 Å². The lowest BCUT2D eigenvalue weighted by atomic mass is 9.75. The Hall–Kier alpha value is -2.56.